The molecule has 8 nitrogen and oxygen atoms in total. The number of nitrogens with zero attached hydrogens (tertiary/aromatic N) is 5. The van der Waals surface area contributed by atoms with Crippen LogP contribution in [0.4, 0.5) is 19.0 Å². The van der Waals surface area contributed by atoms with Crippen molar-refractivity contribution in [3.05, 3.63) is 34.6 Å². The molecule has 3 rings (SSSR count). The quantitative estimate of drug-likeness (QED) is 0.760. The molecule has 0 bridgehead atoms. The number of hydrogen-bond acceptors (Lipinski definition) is 6. The van der Waals surface area contributed by atoms with Gasteiger partial charge in [0.1, 0.15) is 5.76 Å². The van der Waals surface area contributed by atoms with Crippen molar-refractivity contribution in [2.45, 2.75) is 39.8 Å². The van der Waals surface area contributed by atoms with E-state index in [2.05, 4.69) is 25.5 Å². The van der Waals surface area contributed by atoms with E-state index in [1.54, 1.807) is 26.8 Å². The molecule has 1 amide bonds. The number of nitrogens with one attached hydrogen (secondary N) is 1. The average Bonchev–Trinajstić information content (AvgIpc) is 3.13. The van der Waals surface area contributed by atoms with Crippen molar-refractivity contribution < 1.29 is 22.5 Å². The van der Waals surface area contributed by atoms with Crippen LogP contribution in [0.3, 0.4) is 0 Å². The molecule has 1 N–H and O–H groups in total. The third-order valence-corrected chi connectivity index (χ3v) is 3.80. The lowest BCUT2D eigenvalue weighted by atomic mass is 10.1. The number of carbonyl (C=O) groups excluding carboxylic acids is 1. The fourth-order valence-electron chi connectivity index (χ4n) is 2.56. The summed E-state index contributed by atoms with van der Waals surface area (Å²) < 4.78 is 44.3. The van der Waals surface area contributed by atoms with Crippen LogP contribution in [0.25, 0.3) is 5.78 Å². The topological polar surface area (TPSA) is 98.2 Å². The van der Waals surface area contributed by atoms with Crippen molar-refractivity contribution in [1.29, 1.82) is 0 Å². The van der Waals surface area contributed by atoms with Crippen LogP contribution >= 0.6 is 0 Å². The van der Waals surface area contributed by atoms with Gasteiger partial charge < -0.3 is 9.84 Å². The number of halogens is 3. The molecule has 0 saturated carbocycles. The molecular weight excluding hydrogens is 353 g/mol. The van der Waals surface area contributed by atoms with Gasteiger partial charge in [0.15, 0.2) is 5.82 Å². The number of fused-ring (bicyclic) bond motifs is 1. The number of amides is 1. The first-order valence-corrected chi connectivity index (χ1v) is 7.68. The Labute approximate surface area is 145 Å². The molecule has 26 heavy (non-hydrogen) atoms. The van der Waals surface area contributed by atoms with E-state index >= 15 is 0 Å². The largest absolute Gasteiger partial charge is 0.453 e. The lowest BCUT2D eigenvalue weighted by Gasteiger charge is -2.10. The van der Waals surface area contributed by atoms with Crippen LogP contribution in [0.15, 0.2) is 10.6 Å². The van der Waals surface area contributed by atoms with Gasteiger partial charge in [-0.15, -0.1) is 5.10 Å². The molecule has 0 saturated heterocycles. The van der Waals surface area contributed by atoms with Gasteiger partial charge in [-0.05, 0) is 32.8 Å². The Kier molecular flexibility index (Phi) is 4.38. The Hall–Kier alpha value is -2.98. The van der Waals surface area contributed by atoms with Crippen molar-refractivity contribution in [1.82, 2.24) is 24.7 Å². The molecule has 3 heterocycles. The van der Waals surface area contributed by atoms with Crippen LogP contribution in [-0.2, 0) is 17.4 Å². The third kappa shape index (κ3) is 3.51. The molecule has 3 aromatic heterocycles. The van der Waals surface area contributed by atoms with Crippen LogP contribution in [0, 0.1) is 20.8 Å². The lowest BCUT2D eigenvalue weighted by Crippen LogP contribution is -2.14. The van der Waals surface area contributed by atoms with Crippen molar-refractivity contribution >= 4 is 17.5 Å². The molecule has 0 radical (unpaired) electrons. The van der Waals surface area contributed by atoms with Crippen LogP contribution < -0.4 is 5.32 Å². The highest BCUT2D eigenvalue weighted by Crippen LogP contribution is 2.27. The number of alkyl halides is 3. The number of hydrogen-bond donors (Lipinski definition) is 1. The Morgan fingerprint density at radius 3 is 2.62 bits per heavy atom. The molecule has 0 aliphatic carbocycles. The van der Waals surface area contributed by atoms with E-state index in [9.17, 15) is 18.0 Å². The summed E-state index contributed by atoms with van der Waals surface area (Å²) in [6, 6.07) is 1.58. The maximum absolute atomic E-state index is 12.8. The van der Waals surface area contributed by atoms with Crippen molar-refractivity contribution in [3.63, 3.8) is 0 Å². The van der Waals surface area contributed by atoms with E-state index in [1.165, 1.54) is 0 Å². The number of carbonyl (C=O) groups is 1. The summed E-state index contributed by atoms with van der Waals surface area (Å²) in [7, 11) is 0. The normalized spacial score (nSPS) is 11.9. The first-order chi connectivity index (χ1) is 12.1. The Balaban J connectivity index is 1.80. The summed E-state index contributed by atoms with van der Waals surface area (Å²) >= 11 is 0. The summed E-state index contributed by atoms with van der Waals surface area (Å²) in [6.07, 6.45) is -4.27. The zero-order chi connectivity index (χ0) is 19.1. The van der Waals surface area contributed by atoms with Crippen LogP contribution in [-0.4, -0.2) is 30.6 Å². The minimum atomic E-state index is -4.65. The minimum absolute atomic E-state index is 0.0988. The van der Waals surface area contributed by atoms with Crippen LogP contribution in [0.5, 0.6) is 0 Å². The molecule has 138 valence electrons. The summed E-state index contributed by atoms with van der Waals surface area (Å²) in [5.41, 5.74) is 1.60. The van der Waals surface area contributed by atoms with Gasteiger partial charge in [-0.2, -0.15) is 18.2 Å². The van der Waals surface area contributed by atoms with E-state index in [0.29, 0.717) is 28.5 Å². The molecule has 0 atom stereocenters. The zero-order valence-corrected chi connectivity index (χ0v) is 14.2. The summed E-state index contributed by atoms with van der Waals surface area (Å²) in [6.45, 7) is 4.97. The van der Waals surface area contributed by atoms with Gasteiger partial charge in [0, 0.05) is 23.9 Å². The third-order valence-electron chi connectivity index (χ3n) is 3.80. The molecule has 0 fully saturated rings. The maximum atomic E-state index is 12.8. The van der Waals surface area contributed by atoms with Gasteiger partial charge >= 0.3 is 6.18 Å². The lowest BCUT2D eigenvalue weighted by molar-refractivity contribution is -0.144. The van der Waals surface area contributed by atoms with Crippen molar-refractivity contribution in [3.8, 4) is 0 Å². The SMILES string of the molecule is Cc1cc(NC(=O)CCc2c(C)nc3nc(C(F)(F)F)nn3c2C)no1. The van der Waals surface area contributed by atoms with E-state index in [-0.39, 0.29) is 24.5 Å². The molecule has 0 aromatic carbocycles. The fourth-order valence-corrected chi connectivity index (χ4v) is 2.56. The monoisotopic (exact) mass is 368 g/mol. The van der Waals surface area contributed by atoms with E-state index in [1.807, 2.05) is 0 Å². The molecule has 0 aliphatic rings. The highest BCUT2D eigenvalue weighted by Gasteiger charge is 2.36. The van der Waals surface area contributed by atoms with Crippen LogP contribution in [0.1, 0.15) is 35.0 Å². The number of rotatable bonds is 4. The van der Waals surface area contributed by atoms with Gasteiger partial charge in [-0.25, -0.2) is 9.50 Å². The maximum Gasteiger partial charge on any atom is 0.453 e. The average molecular weight is 368 g/mol. The minimum Gasteiger partial charge on any atom is -0.360 e. The molecule has 3 aromatic rings. The molecule has 0 aliphatic heterocycles. The fraction of sp³-hybridized carbons (Fsp3) is 0.400. The predicted molar refractivity (Wildman–Crippen MR) is 83.4 cm³/mol. The number of anilines is 1. The van der Waals surface area contributed by atoms with Gasteiger partial charge in [-0.3, -0.25) is 4.79 Å². The van der Waals surface area contributed by atoms with Gasteiger partial charge in [-0.1, -0.05) is 5.16 Å². The highest BCUT2D eigenvalue weighted by atomic mass is 19.4. The predicted octanol–water partition coefficient (Wildman–Crippen LogP) is 2.63. The molecular formula is C15H15F3N6O2. The van der Waals surface area contributed by atoms with Crippen LogP contribution in [0.2, 0.25) is 0 Å². The smallest absolute Gasteiger partial charge is 0.360 e. The van der Waals surface area contributed by atoms with Crippen molar-refractivity contribution in [2.24, 2.45) is 0 Å². The number of aryl methyl sites for hydroxylation is 3. The Bertz CT molecular complexity index is 976. The summed E-state index contributed by atoms with van der Waals surface area (Å²) in [5, 5.41) is 9.73. The summed E-state index contributed by atoms with van der Waals surface area (Å²) in [4.78, 5) is 19.5. The molecule has 0 unspecified atom stereocenters. The first kappa shape index (κ1) is 17.8. The summed E-state index contributed by atoms with van der Waals surface area (Å²) in [5.74, 6) is -0.803. The number of aromatic nitrogens is 5. The highest BCUT2D eigenvalue weighted by molar-refractivity contribution is 5.89. The second kappa shape index (κ2) is 6.39. The molecule has 0 spiro atoms. The van der Waals surface area contributed by atoms with Gasteiger partial charge in [0.05, 0.1) is 0 Å². The molecule has 11 heteroatoms. The van der Waals surface area contributed by atoms with Gasteiger partial charge in [0.25, 0.3) is 11.6 Å². The first-order valence-electron chi connectivity index (χ1n) is 7.68. The van der Waals surface area contributed by atoms with E-state index in [4.69, 9.17) is 4.52 Å². The van der Waals surface area contributed by atoms with Crippen molar-refractivity contribution in [2.75, 3.05) is 5.32 Å². The van der Waals surface area contributed by atoms with Gasteiger partial charge in [0.2, 0.25) is 5.91 Å². The zero-order valence-electron chi connectivity index (χ0n) is 14.2. The standard InChI is InChI=1S/C15H15F3N6O2/c1-7-6-11(23-26-7)20-12(25)5-4-10-8(2)19-14-21-13(15(16,17)18)22-24(14)9(10)3/h6H,4-5H2,1-3H3,(H,20,23,25). The second-order valence-corrected chi connectivity index (χ2v) is 5.78. The second-order valence-electron chi connectivity index (χ2n) is 5.78. The van der Waals surface area contributed by atoms with E-state index in [0.717, 1.165) is 4.52 Å². The Morgan fingerprint density at radius 2 is 2.00 bits per heavy atom. The Morgan fingerprint density at radius 1 is 1.27 bits per heavy atom. The van der Waals surface area contributed by atoms with E-state index < -0.39 is 12.0 Å².